The molecule has 2 rings (SSSR count). The zero-order chi connectivity index (χ0) is 15.4. The Labute approximate surface area is 125 Å². The van der Waals surface area contributed by atoms with Gasteiger partial charge in [0.1, 0.15) is 12.4 Å². The molecule has 1 aliphatic heterocycles. The summed E-state index contributed by atoms with van der Waals surface area (Å²) in [6.07, 6.45) is 0.992. The van der Waals surface area contributed by atoms with Gasteiger partial charge >= 0.3 is 0 Å². The van der Waals surface area contributed by atoms with Gasteiger partial charge in [-0.25, -0.2) is 4.98 Å². The second kappa shape index (κ2) is 6.56. The molecule has 6 heteroatoms. The maximum absolute atomic E-state index is 12.5. The Morgan fingerprint density at radius 1 is 1.38 bits per heavy atom. The van der Waals surface area contributed by atoms with E-state index in [-0.39, 0.29) is 18.4 Å². The van der Waals surface area contributed by atoms with Crippen LogP contribution >= 0.6 is 0 Å². The average Bonchev–Trinajstić information content (AvgIpc) is 2.46. The summed E-state index contributed by atoms with van der Waals surface area (Å²) >= 11 is 0. The second-order valence-corrected chi connectivity index (χ2v) is 5.35. The quantitative estimate of drug-likeness (QED) is 0.902. The first-order valence-corrected chi connectivity index (χ1v) is 7.27. The molecule has 0 atom stereocenters. The molecule has 2 amide bonds. The fourth-order valence-electron chi connectivity index (χ4n) is 2.25. The van der Waals surface area contributed by atoms with E-state index in [2.05, 4.69) is 17.2 Å². The summed E-state index contributed by atoms with van der Waals surface area (Å²) in [7, 11) is 1.76. The zero-order valence-corrected chi connectivity index (χ0v) is 12.8. The van der Waals surface area contributed by atoms with Gasteiger partial charge in [-0.1, -0.05) is 6.92 Å². The van der Waals surface area contributed by atoms with Gasteiger partial charge in [0.25, 0.3) is 5.91 Å². The van der Waals surface area contributed by atoms with Gasteiger partial charge in [-0.05, 0) is 25.5 Å². The summed E-state index contributed by atoms with van der Waals surface area (Å²) in [6, 6.07) is 3.52. The molecule has 0 aliphatic carbocycles. The smallest absolute Gasteiger partial charge is 0.254 e. The summed E-state index contributed by atoms with van der Waals surface area (Å²) < 4.78 is 0. The third-order valence-corrected chi connectivity index (χ3v) is 3.50. The summed E-state index contributed by atoms with van der Waals surface area (Å²) in [5.41, 5.74) is 1.37. The SMILES string of the molecule is CCCNc1cc(C(=O)N2CCN(C)C(=O)C2)cc(C)n1. The van der Waals surface area contributed by atoms with Crippen LogP contribution in [0.25, 0.3) is 0 Å². The molecule has 1 fully saturated rings. The van der Waals surface area contributed by atoms with Crippen LogP contribution in [0.4, 0.5) is 5.82 Å². The summed E-state index contributed by atoms with van der Waals surface area (Å²) in [5, 5.41) is 3.19. The van der Waals surface area contributed by atoms with E-state index >= 15 is 0 Å². The molecule has 21 heavy (non-hydrogen) atoms. The molecule has 114 valence electrons. The van der Waals surface area contributed by atoms with E-state index in [0.29, 0.717) is 24.5 Å². The van der Waals surface area contributed by atoms with Crippen molar-refractivity contribution in [2.24, 2.45) is 0 Å². The van der Waals surface area contributed by atoms with Crippen molar-refractivity contribution in [3.63, 3.8) is 0 Å². The van der Waals surface area contributed by atoms with Gasteiger partial charge in [0.05, 0.1) is 0 Å². The predicted octanol–water partition coefficient (Wildman–Crippen LogP) is 1.13. The van der Waals surface area contributed by atoms with Crippen molar-refractivity contribution < 1.29 is 9.59 Å². The normalized spacial score (nSPS) is 15.3. The molecule has 0 aromatic carbocycles. The Hall–Kier alpha value is -2.11. The second-order valence-electron chi connectivity index (χ2n) is 5.35. The van der Waals surface area contributed by atoms with Crippen LogP contribution in [0.2, 0.25) is 0 Å². The first kappa shape index (κ1) is 15.3. The van der Waals surface area contributed by atoms with Gasteiger partial charge in [0.15, 0.2) is 0 Å². The molecular formula is C15H22N4O2. The summed E-state index contributed by atoms with van der Waals surface area (Å²) in [6.45, 7) is 6.05. The van der Waals surface area contributed by atoms with Crippen molar-refractivity contribution in [2.45, 2.75) is 20.3 Å². The van der Waals surface area contributed by atoms with Gasteiger partial charge in [-0.2, -0.15) is 0 Å². The lowest BCUT2D eigenvalue weighted by atomic mass is 10.1. The highest BCUT2D eigenvalue weighted by Crippen LogP contribution is 2.14. The van der Waals surface area contributed by atoms with Crippen LogP contribution in [0.5, 0.6) is 0 Å². The first-order chi connectivity index (χ1) is 10.0. The highest BCUT2D eigenvalue weighted by molar-refractivity contribution is 5.97. The minimum Gasteiger partial charge on any atom is -0.370 e. The molecule has 1 aliphatic rings. The fourth-order valence-corrected chi connectivity index (χ4v) is 2.25. The highest BCUT2D eigenvalue weighted by Gasteiger charge is 2.25. The number of aromatic nitrogens is 1. The zero-order valence-electron chi connectivity index (χ0n) is 12.8. The molecule has 0 unspecified atom stereocenters. The van der Waals surface area contributed by atoms with Gasteiger partial charge < -0.3 is 15.1 Å². The number of carbonyl (C=O) groups is 2. The maximum atomic E-state index is 12.5. The van der Waals surface area contributed by atoms with Crippen molar-refractivity contribution >= 4 is 17.6 Å². The van der Waals surface area contributed by atoms with E-state index in [1.54, 1.807) is 29.0 Å². The minimum absolute atomic E-state index is 0.0234. The topological polar surface area (TPSA) is 65.5 Å². The van der Waals surface area contributed by atoms with Crippen molar-refractivity contribution in [3.8, 4) is 0 Å². The Kier molecular flexibility index (Phi) is 4.77. The number of pyridine rings is 1. The molecule has 0 spiro atoms. The number of nitrogens with zero attached hydrogens (tertiary/aromatic N) is 3. The third kappa shape index (κ3) is 3.71. The molecule has 0 bridgehead atoms. The van der Waals surface area contributed by atoms with E-state index in [9.17, 15) is 9.59 Å². The van der Waals surface area contributed by atoms with Crippen LogP contribution in [-0.2, 0) is 4.79 Å². The molecular weight excluding hydrogens is 268 g/mol. The molecule has 1 saturated heterocycles. The molecule has 1 aromatic rings. The van der Waals surface area contributed by atoms with Crippen molar-refractivity contribution in [2.75, 3.05) is 38.5 Å². The lowest BCUT2D eigenvalue weighted by molar-refractivity contribution is -0.133. The maximum Gasteiger partial charge on any atom is 0.254 e. The van der Waals surface area contributed by atoms with Gasteiger partial charge in [-0.15, -0.1) is 0 Å². The third-order valence-electron chi connectivity index (χ3n) is 3.50. The Bertz CT molecular complexity index is 544. The molecule has 2 heterocycles. The molecule has 6 nitrogen and oxygen atoms in total. The number of hydrogen-bond acceptors (Lipinski definition) is 4. The van der Waals surface area contributed by atoms with E-state index in [1.807, 2.05) is 6.92 Å². The molecule has 0 radical (unpaired) electrons. The lowest BCUT2D eigenvalue weighted by Crippen LogP contribution is -2.50. The lowest BCUT2D eigenvalue weighted by Gasteiger charge is -2.32. The van der Waals surface area contributed by atoms with Crippen LogP contribution in [0.3, 0.4) is 0 Å². The van der Waals surface area contributed by atoms with E-state index < -0.39 is 0 Å². The minimum atomic E-state index is -0.110. The van der Waals surface area contributed by atoms with E-state index in [1.165, 1.54) is 0 Å². The van der Waals surface area contributed by atoms with Crippen LogP contribution < -0.4 is 5.32 Å². The van der Waals surface area contributed by atoms with E-state index in [4.69, 9.17) is 0 Å². The Morgan fingerprint density at radius 2 is 2.14 bits per heavy atom. The predicted molar refractivity (Wildman–Crippen MR) is 81.3 cm³/mol. The van der Waals surface area contributed by atoms with Crippen LogP contribution in [0.15, 0.2) is 12.1 Å². The van der Waals surface area contributed by atoms with Gasteiger partial charge in [0.2, 0.25) is 5.91 Å². The van der Waals surface area contributed by atoms with Crippen LogP contribution in [0.1, 0.15) is 29.4 Å². The number of nitrogens with one attached hydrogen (secondary N) is 1. The number of anilines is 1. The van der Waals surface area contributed by atoms with Crippen molar-refractivity contribution in [1.82, 2.24) is 14.8 Å². The van der Waals surface area contributed by atoms with Gasteiger partial charge in [0, 0.05) is 37.9 Å². The number of amides is 2. The fraction of sp³-hybridized carbons (Fsp3) is 0.533. The van der Waals surface area contributed by atoms with Crippen LogP contribution in [0, 0.1) is 6.92 Å². The number of hydrogen-bond donors (Lipinski definition) is 1. The van der Waals surface area contributed by atoms with Gasteiger partial charge in [-0.3, -0.25) is 9.59 Å². The number of rotatable bonds is 4. The highest BCUT2D eigenvalue weighted by atomic mass is 16.2. The number of likely N-dealkylation sites (N-methyl/N-ethyl adjacent to an activating group) is 1. The molecule has 1 N–H and O–H groups in total. The monoisotopic (exact) mass is 290 g/mol. The number of carbonyl (C=O) groups excluding carboxylic acids is 2. The summed E-state index contributed by atoms with van der Waals surface area (Å²) in [5.74, 6) is 0.576. The average molecular weight is 290 g/mol. The molecule has 1 aromatic heterocycles. The first-order valence-electron chi connectivity index (χ1n) is 7.27. The van der Waals surface area contributed by atoms with Crippen molar-refractivity contribution in [3.05, 3.63) is 23.4 Å². The molecule has 0 saturated carbocycles. The standard InChI is InChI=1S/C15H22N4O2/c1-4-5-16-13-9-12(8-11(2)17-13)15(21)19-7-6-18(3)14(20)10-19/h8-9H,4-7,10H2,1-3H3,(H,16,17). The van der Waals surface area contributed by atoms with Crippen LogP contribution in [-0.4, -0.2) is 59.8 Å². The van der Waals surface area contributed by atoms with Crippen molar-refractivity contribution in [1.29, 1.82) is 0 Å². The van der Waals surface area contributed by atoms with E-state index in [0.717, 1.165) is 18.7 Å². The number of aryl methyl sites for hydroxylation is 1. The Balaban J connectivity index is 2.15. The summed E-state index contributed by atoms with van der Waals surface area (Å²) in [4.78, 5) is 31.9. The number of piperazine rings is 1. The Morgan fingerprint density at radius 3 is 2.81 bits per heavy atom. The largest absolute Gasteiger partial charge is 0.370 e.